The number of nitrogens with one attached hydrogen (secondary N) is 1. The van der Waals surface area contributed by atoms with Crippen LogP contribution in [-0.2, 0) is 6.54 Å². The minimum Gasteiger partial charge on any atom is -0.386 e. The van der Waals surface area contributed by atoms with Crippen LogP contribution in [0.1, 0.15) is 37.2 Å². The number of hydrogen-bond donors (Lipinski definition) is 1. The fraction of sp³-hybridized carbons (Fsp3) is 0.316. The van der Waals surface area contributed by atoms with Crippen LogP contribution < -0.4 is 15.8 Å². The highest BCUT2D eigenvalue weighted by Crippen LogP contribution is 1.98. The molecule has 2 aromatic heterocycles. The molecular formula is C19H24N4. The van der Waals surface area contributed by atoms with Crippen LogP contribution in [0.2, 0.25) is 0 Å². The van der Waals surface area contributed by atoms with E-state index in [1.807, 2.05) is 31.6 Å². The molecule has 2 heterocycles. The predicted molar refractivity (Wildman–Crippen MR) is 96.7 cm³/mol. The third-order valence-corrected chi connectivity index (χ3v) is 3.79. The molecule has 2 rings (SSSR count). The Labute approximate surface area is 137 Å². The maximum absolute atomic E-state index is 4.44. The Kier molecular flexibility index (Phi) is 6.03. The molecule has 0 radical (unpaired) electrons. The molecule has 0 aliphatic carbocycles. The molecule has 0 aliphatic rings. The van der Waals surface area contributed by atoms with Crippen molar-refractivity contribution in [3.05, 3.63) is 58.0 Å². The van der Waals surface area contributed by atoms with E-state index in [1.54, 1.807) is 13.3 Å². The van der Waals surface area contributed by atoms with E-state index in [2.05, 4.69) is 46.3 Å². The lowest BCUT2D eigenvalue weighted by molar-refractivity contribution is 0.898. The van der Waals surface area contributed by atoms with Gasteiger partial charge in [-0.1, -0.05) is 18.6 Å². The fourth-order valence-electron chi connectivity index (χ4n) is 2.30. The fourth-order valence-corrected chi connectivity index (χ4v) is 2.30. The first kappa shape index (κ1) is 16.9. The van der Waals surface area contributed by atoms with Crippen molar-refractivity contribution in [1.82, 2.24) is 15.3 Å². The number of aryl methyl sites for hydroxylation is 1. The summed E-state index contributed by atoms with van der Waals surface area (Å²) < 4.78 is 0. The first-order valence-corrected chi connectivity index (χ1v) is 7.87. The van der Waals surface area contributed by atoms with Crippen molar-refractivity contribution in [1.29, 1.82) is 0 Å². The van der Waals surface area contributed by atoms with Gasteiger partial charge in [-0.25, -0.2) is 0 Å². The Morgan fingerprint density at radius 1 is 1.26 bits per heavy atom. The van der Waals surface area contributed by atoms with Crippen LogP contribution in [0.5, 0.6) is 0 Å². The van der Waals surface area contributed by atoms with Gasteiger partial charge in [0.25, 0.3) is 0 Å². The van der Waals surface area contributed by atoms with Crippen molar-refractivity contribution in [2.45, 2.75) is 33.7 Å². The smallest absolute Gasteiger partial charge is 0.0900 e. The summed E-state index contributed by atoms with van der Waals surface area (Å²) in [5.41, 5.74) is 4.40. The Morgan fingerprint density at radius 3 is 2.74 bits per heavy atom. The second-order valence-electron chi connectivity index (χ2n) is 5.51. The Bertz CT molecular complexity index is 789. The van der Waals surface area contributed by atoms with E-state index >= 15 is 0 Å². The molecular weight excluding hydrogens is 284 g/mol. The van der Waals surface area contributed by atoms with Gasteiger partial charge in [0, 0.05) is 49.3 Å². The molecule has 0 aromatic carbocycles. The van der Waals surface area contributed by atoms with E-state index in [4.69, 9.17) is 0 Å². The molecule has 0 saturated carbocycles. The summed E-state index contributed by atoms with van der Waals surface area (Å²) >= 11 is 0. The zero-order valence-electron chi connectivity index (χ0n) is 14.3. The molecule has 0 aliphatic heterocycles. The molecule has 4 heteroatoms. The SMILES string of the molecule is CC/C(C)=c1/ccnc(/C=N\C)/c1=C/NCc1ccc(C)nc1. The number of aliphatic imine (C=N–C) groups is 1. The lowest BCUT2D eigenvalue weighted by Gasteiger charge is -2.04. The Balaban J connectivity index is 2.38. The minimum absolute atomic E-state index is 0.732. The van der Waals surface area contributed by atoms with E-state index in [0.717, 1.165) is 35.1 Å². The number of nitrogens with zero attached hydrogens (tertiary/aromatic N) is 3. The van der Waals surface area contributed by atoms with Crippen LogP contribution in [0.15, 0.2) is 35.6 Å². The van der Waals surface area contributed by atoms with Gasteiger partial charge >= 0.3 is 0 Å². The molecule has 4 nitrogen and oxygen atoms in total. The molecule has 0 saturated heterocycles. The maximum Gasteiger partial charge on any atom is 0.0900 e. The van der Waals surface area contributed by atoms with Gasteiger partial charge in [-0.15, -0.1) is 0 Å². The summed E-state index contributed by atoms with van der Waals surface area (Å²) in [6.45, 7) is 7.04. The van der Waals surface area contributed by atoms with Crippen LogP contribution in [0.4, 0.5) is 0 Å². The topological polar surface area (TPSA) is 50.2 Å². The van der Waals surface area contributed by atoms with Gasteiger partial charge in [-0.3, -0.25) is 15.0 Å². The summed E-state index contributed by atoms with van der Waals surface area (Å²) in [6.07, 6.45) is 8.58. The van der Waals surface area contributed by atoms with Crippen molar-refractivity contribution < 1.29 is 0 Å². The predicted octanol–water partition coefficient (Wildman–Crippen LogP) is 1.94. The Morgan fingerprint density at radius 2 is 2.09 bits per heavy atom. The largest absolute Gasteiger partial charge is 0.386 e. The lowest BCUT2D eigenvalue weighted by atomic mass is 10.1. The molecule has 1 N–H and O–H groups in total. The molecule has 0 atom stereocenters. The summed E-state index contributed by atoms with van der Waals surface area (Å²) in [5, 5.41) is 5.67. The van der Waals surface area contributed by atoms with Crippen LogP contribution in [0.3, 0.4) is 0 Å². The van der Waals surface area contributed by atoms with Gasteiger partial charge in [0.05, 0.1) is 5.69 Å². The monoisotopic (exact) mass is 308 g/mol. The average Bonchev–Trinajstić information content (AvgIpc) is 2.57. The number of pyridine rings is 2. The van der Waals surface area contributed by atoms with Gasteiger partial charge in [0.2, 0.25) is 0 Å². The van der Waals surface area contributed by atoms with Gasteiger partial charge in [0.1, 0.15) is 0 Å². The summed E-state index contributed by atoms with van der Waals surface area (Å²) in [4.78, 5) is 12.9. The van der Waals surface area contributed by atoms with E-state index in [9.17, 15) is 0 Å². The number of aromatic nitrogens is 2. The van der Waals surface area contributed by atoms with Crippen molar-refractivity contribution in [3.63, 3.8) is 0 Å². The molecule has 0 amide bonds. The van der Waals surface area contributed by atoms with Crippen LogP contribution in [-0.4, -0.2) is 23.2 Å². The van der Waals surface area contributed by atoms with Crippen LogP contribution in [0, 0.1) is 6.92 Å². The van der Waals surface area contributed by atoms with E-state index < -0.39 is 0 Å². The standard InChI is InChI=1S/C19H24N4/c1-5-14(2)17-8-9-22-19(13-20-4)18(17)12-21-10-16-7-6-15(3)23-11-16/h6-9,11-13,21H,5,10H2,1-4H3/b17-14-,18-12+,20-13-. The zero-order chi connectivity index (χ0) is 16.7. The summed E-state index contributed by atoms with van der Waals surface area (Å²) in [6, 6.07) is 6.18. The average molecular weight is 308 g/mol. The second kappa shape index (κ2) is 8.22. The van der Waals surface area contributed by atoms with Crippen LogP contribution >= 0.6 is 0 Å². The minimum atomic E-state index is 0.732. The summed E-state index contributed by atoms with van der Waals surface area (Å²) in [7, 11) is 1.76. The van der Waals surface area contributed by atoms with Gasteiger partial charge in [-0.2, -0.15) is 0 Å². The van der Waals surface area contributed by atoms with Crippen molar-refractivity contribution in [2.24, 2.45) is 4.99 Å². The van der Waals surface area contributed by atoms with Crippen LogP contribution in [0.25, 0.3) is 11.8 Å². The molecule has 0 bridgehead atoms. The van der Waals surface area contributed by atoms with Gasteiger partial charge < -0.3 is 5.32 Å². The third-order valence-electron chi connectivity index (χ3n) is 3.79. The number of hydrogen-bond acceptors (Lipinski definition) is 4. The van der Waals surface area contributed by atoms with Gasteiger partial charge in [-0.05, 0) is 43.2 Å². The normalized spacial score (nSPS) is 13.5. The summed E-state index contributed by atoms with van der Waals surface area (Å²) in [5.74, 6) is 0. The highest BCUT2D eigenvalue weighted by atomic mass is 14.8. The second-order valence-corrected chi connectivity index (χ2v) is 5.51. The molecule has 120 valence electrons. The quantitative estimate of drug-likeness (QED) is 0.859. The van der Waals surface area contributed by atoms with Crippen molar-refractivity contribution in [2.75, 3.05) is 7.05 Å². The molecule has 0 spiro atoms. The molecule has 2 aromatic rings. The first-order valence-electron chi connectivity index (χ1n) is 7.87. The van der Waals surface area contributed by atoms with E-state index in [-0.39, 0.29) is 0 Å². The number of rotatable bonds is 5. The van der Waals surface area contributed by atoms with Crippen molar-refractivity contribution in [3.8, 4) is 0 Å². The lowest BCUT2D eigenvalue weighted by Crippen LogP contribution is -2.33. The highest BCUT2D eigenvalue weighted by Gasteiger charge is 1.98. The molecule has 0 fully saturated rings. The van der Waals surface area contributed by atoms with Crippen molar-refractivity contribution >= 4 is 18.0 Å². The highest BCUT2D eigenvalue weighted by molar-refractivity contribution is 5.77. The first-order chi connectivity index (χ1) is 11.2. The molecule has 23 heavy (non-hydrogen) atoms. The van der Waals surface area contributed by atoms with Gasteiger partial charge in [0.15, 0.2) is 0 Å². The maximum atomic E-state index is 4.44. The Hall–Kier alpha value is -2.49. The molecule has 0 unspecified atom stereocenters. The third kappa shape index (κ3) is 4.49. The van der Waals surface area contributed by atoms with E-state index in [1.165, 1.54) is 10.8 Å². The van der Waals surface area contributed by atoms with E-state index in [0.29, 0.717) is 0 Å². The zero-order valence-corrected chi connectivity index (χ0v) is 14.3.